The van der Waals surface area contributed by atoms with E-state index in [0.717, 1.165) is 21.3 Å². The molecule has 0 fully saturated rings. The van der Waals surface area contributed by atoms with Gasteiger partial charge in [-0.1, -0.05) is 27.7 Å². The number of halogens is 2. The average molecular weight is 419 g/mol. The Morgan fingerprint density at radius 2 is 2.05 bits per heavy atom. The summed E-state index contributed by atoms with van der Waals surface area (Å²) in [5, 5.41) is 3.84. The summed E-state index contributed by atoms with van der Waals surface area (Å²) in [6.45, 7) is 2.82. The second-order valence-corrected chi connectivity index (χ2v) is 6.33. The molecule has 0 radical (unpaired) electrons. The summed E-state index contributed by atoms with van der Waals surface area (Å²) >= 11 is 8.36. The van der Waals surface area contributed by atoms with Crippen molar-refractivity contribution in [2.24, 2.45) is 0 Å². The standard InChI is InChI=1S/C13H13Br2N3OS/c1-3-16-11-7-12(18-13(17-11)20-2)19-10-5-4-8(14)6-9(10)15/h4-7H,3H2,1-2H3,(H,16,17,18). The maximum Gasteiger partial charge on any atom is 0.225 e. The molecule has 2 rings (SSSR count). The Bertz CT molecular complexity index is 610. The molecule has 0 saturated heterocycles. The number of thioether (sulfide) groups is 1. The van der Waals surface area contributed by atoms with Crippen LogP contribution < -0.4 is 10.1 Å². The van der Waals surface area contributed by atoms with Crippen molar-refractivity contribution >= 4 is 49.4 Å². The van der Waals surface area contributed by atoms with Crippen molar-refractivity contribution < 1.29 is 4.74 Å². The molecule has 0 aliphatic heterocycles. The summed E-state index contributed by atoms with van der Waals surface area (Å²) in [4.78, 5) is 8.71. The van der Waals surface area contributed by atoms with Gasteiger partial charge in [0.25, 0.3) is 0 Å². The first-order valence-corrected chi connectivity index (χ1v) is 8.73. The fourth-order valence-electron chi connectivity index (χ4n) is 1.49. The molecule has 1 heterocycles. The molecule has 7 heteroatoms. The van der Waals surface area contributed by atoms with Crippen molar-refractivity contribution in [1.82, 2.24) is 9.97 Å². The van der Waals surface area contributed by atoms with Crippen LogP contribution in [0.2, 0.25) is 0 Å². The molecule has 0 bridgehead atoms. The molecule has 0 spiro atoms. The van der Waals surface area contributed by atoms with Crippen LogP contribution in [0.5, 0.6) is 11.6 Å². The number of aromatic nitrogens is 2. The third-order valence-corrected chi connectivity index (χ3v) is 3.99. The Kier molecular flexibility index (Phi) is 5.68. The van der Waals surface area contributed by atoms with E-state index >= 15 is 0 Å². The first-order valence-electron chi connectivity index (χ1n) is 5.92. The van der Waals surface area contributed by atoms with E-state index in [-0.39, 0.29) is 0 Å². The van der Waals surface area contributed by atoms with E-state index in [0.29, 0.717) is 16.8 Å². The molecule has 1 aromatic heterocycles. The SMILES string of the molecule is CCNc1cc(Oc2ccc(Br)cc2Br)nc(SC)n1. The number of benzene rings is 1. The fourth-order valence-corrected chi connectivity index (χ4v) is 2.99. The minimum absolute atomic E-state index is 0.517. The molecule has 0 aliphatic rings. The number of ether oxygens (including phenoxy) is 1. The van der Waals surface area contributed by atoms with Gasteiger partial charge in [0.1, 0.15) is 11.6 Å². The minimum Gasteiger partial charge on any atom is -0.438 e. The summed E-state index contributed by atoms with van der Waals surface area (Å²) in [6.07, 6.45) is 1.93. The van der Waals surface area contributed by atoms with Crippen LogP contribution in [0.4, 0.5) is 5.82 Å². The molecule has 1 aromatic carbocycles. The van der Waals surface area contributed by atoms with Crippen LogP contribution in [0.1, 0.15) is 6.92 Å². The van der Waals surface area contributed by atoms with Crippen molar-refractivity contribution in [3.8, 4) is 11.6 Å². The van der Waals surface area contributed by atoms with Gasteiger partial charge in [-0.05, 0) is 47.3 Å². The minimum atomic E-state index is 0.517. The topological polar surface area (TPSA) is 47.0 Å². The van der Waals surface area contributed by atoms with Crippen LogP contribution in [0.3, 0.4) is 0 Å². The Balaban J connectivity index is 2.29. The third kappa shape index (κ3) is 4.10. The molecule has 2 aromatic rings. The molecule has 4 nitrogen and oxygen atoms in total. The molecule has 20 heavy (non-hydrogen) atoms. The normalized spacial score (nSPS) is 10.4. The van der Waals surface area contributed by atoms with Gasteiger partial charge in [-0.3, -0.25) is 0 Å². The molecule has 1 N–H and O–H groups in total. The predicted molar refractivity (Wildman–Crippen MR) is 89.9 cm³/mol. The molecule has 0 unspecified atom stereocenters. The highest BCUT2D eigenvalue weighted by Crippen LogP contribution is 2.32. The lowest BCUT2D eigenvalue weighted by molar-refractivity contribution is 0.453. The Morgan fingerprint density at radius 1 is 1.25 bits per heavy atom. The van der Waals surface area contributed by atoms with Gasteiger partial charge in [0, 0.05) is 17.1 Å². The van der Waals surface area contributed by atoms with Gasteiger partial charge in [0.05, 0.1) is 4.47 Å². The summed E-state index contributed by atoms with van der Waals surface area (Å²) < 4.78 is 7.67. The molecule has 106 valence electrons. The Hall–Kier alpha value is -0.790. The van der Waals surface area contributed by atoms with Gasteiger partial charge >= 0.3 is 0 Å². The predicted octanol–water partition coefficient (Wildman–Crippen LogP) is 4.95. The summed E-state index contributed by atoms with van der Waals surface area (Å²) in [5.74, 6) is 1.99. The first-order chi connectivity index (χ1) is 9.62. The van der Waals surface area contributed by atoms with Gasteiger partial charge in [-0.2, -0.15) is 4.98 Å². The van der Waals surface area contributed by atoms with Crippen LogP contribution >= 0.6 is 43.6 Å². The lowest BCUT2D eigenvalue weighted by atomic mass is 10.3. The Labute approximate surface area is 139 Å². The number of hydrogen-bond donors (Lipinski definition) is 1. The van der Waals surface area contributed by atoms with Crippen molar-refractivity contribution in [1.29, 1.82) is 0 Å². The van der Waals surface area contributed by atoms with Crippen LogP contribution in [-0.2, 0) is 0 Å². The highest BCUT2D eigenvalue weighted by atomic mass is 79.9. The second-order valence-electron chi connectivity index (χ2n) is 3.79. The van der Waals surface area contributed by atoms with E-state index in [1.165, 1.54) is 11.8 Å². The van der Waals surface area contributed by atoms with Gasteiger partial charge in [-0.25, -0.2) is 4.98 Å². The van der Waals surface area contributed by atoms with E-state index in [9.17, 15) is 0 Å². The summed E-state index contributed by atoms with van der Waals surface area (Å²) in [6, 6.07) is 7.51. The smallest absolute Gasteiger partial charge is 0.225 e. The highest BCUT2D eigenvalue weighted by Gasteiger charge is 2.08. The van der Waals surface area contributed by atoms with E-state index in [4.69, 9.17) is 4.74 Å². The molecule has 0 atom stereocenters. The number of hydrogen-bond acceptors (Lipinski definition) is 5. The number of rotatable bonds is 5. The van der Waals surface area contributed by atoms with Crippen LogP contribution in [0.25, 0.3) is 0 Å². The third-order valence-electron chi connectivity index (χ3n) is 2.33. The zero-order valence-electron chi connectivity index (χ0n) is 11.0. The largest absolute Gasteiger partial charge is 0.438 e. The van der Waals surface area contributed by atoms with E-state index < -0.39 is 0 Å². The quantitative estimate of drug-likeness (QED) is 0.549. The number of anilines is 1. The van der Waals surface area contributed by atoms with E-state index in [1.807, 2.05) is 31.4 Å². The fraction of sp³-hybridized carbons (Fsp3) is 0.231. The zero-order chi connectivity index (χ0) is 14.5. The Morgan fingerprint density at radius 3 is 2.70 bits per heavy atom. The maximum absolute atomic E-state index is 5.82. The first kappa shape index (κ1) is 15.6. The number of nitrogens with one attached hydrogen (secondary N) is 1. The molecule has 0 amide bonds. The van der Waals surface area contributed by atoms with E-state index in [2.05, 4.69) is 47.1 Å². The van der Waals surface area contributed by atoms with Gasteiger partial charge in [0.2, 0.25) is 5.88 Å². The van der Waals surface area contributed by atoms with Crippen LogP contribution in [0.15, 0.2) is 38.4 Å². The molecule has 0 saturated carbocycles. The van der Waals surface area contributed by atoms with E-state index in [1.54, 1.807) is 6.07 Å². The zero-order valence-corrected chi connectivity index (χ0v) is 15.0. The molecular formula is C13H13Br2N3OS. The maximum atomic E-state index is 5.82. The van der Waals surface area contributed by atoms with Crippen LogP contribution in [-0.4, -0.2) is 22.8 Å². The van der Waals surface area contributed by atoms with Crippen molar-refractivity contribution in [2.75, 3.05) is 18.1 Å². The summed E-state index contributed by atoms with van der Waals surface area (Å²) in [7, 11) is 0. The summed E-state index contributed by atoms with van der Waals surface area (Å²) in [5.41, 5.74) is 0. The van der Waals surface area contributed by atoms with Crippen molar-refractivity contribution in [2.45, 2.75) is 12.1 Å². The lowest BCUT2D eigenvalue weighted by Gasteiger charge is -2.10. The van der Waals surface area contributed by atoms with Gasteiger partial charge in [0.15, 0.2) is 5.16 Å². The number of nitrogens with zero attached hydrogens (tertiary/aromatic N) is 2. The molecular weight excluding hydrogens is 406 g/mol. The molecule has 0 aliphatic carbocycles. The van der Waals surface area contributed by atoms with Crippen molar-refractivity contribution in [3.63, 3.8) is 0 Å². The second kappa shape index (κ2) is 7.28. The van der Waals surface area contributed by atoms with Gasteiger partial charge < -0.3 is 10.1 Å². The average Bonchev–Trinajstić information content (AvgIpc) is 2.42. The highest BCUT2D eigenvalue weighted by molar-refractivity contribution is 9.11. The van der Waals surface area contributed by atoms with Crippen LogP contribution in [0, 0.1) is 0 Å². The lowest BCUT2D eigenvalue weighted by Crippen LogP contribution is -2.02. The monoisotopic (exact) mass is 417 g/mol. The van der Waals surface area contributed by atoms with Crippen molar-refractivity contribution in [3.05, 3.63) is 33.2 Å². The van der Waals surface area contributed by atoms with Gasteiger partial charge in [-0.15, -0.1) is 0 Å².